The van der Waals surface area contributed by atoms with Gasteiger partial charge in [-0.2, -0.15) is 0 Å². The normalized spacial score (nSPS) is 18.5. The summed E-state index contributed by atoms with van der Waals surface area (Å²) in [5, 5.41) is 12.8. The Bertz CT molecular complexity index is 293. The van der Waals surface area contributed by atoms with Crippen molar-refractivity contribution in [2.75, 3.05) is 45.9 Å². The molecule has 0 aromatic carbocycles. The first-order valence-electron chi connectivity index (χ1n) is 6.24. The smallest absolute Gasteiger partial charge is 0.188 e. The van der Waals surface area contributed by atoms with Gasteiger partial charge in [-0.3, -0.25) is 9.89 Å². The van der Waals surface area contributed by atoms with Crippen LogP contribution in [0.2, 0.25) is 0 Å². The standard InChI is InChI=1S/C12H24N4O2.HI/c1-10(2)7-14-12(13)15-8-11(17)9-16-3-5-18-6-4-16;/h11,17H,1,3-9H2,2H3,(H3,13,14,15);1H. The van der Waals surface area contributed by atoms with Crippen molar-refractivity contribution in [3.63, 3.8) is 0 Å². The van der Waals surface area contributed by atoms with Gasteiger partial charge in [0, 0.05) is 26.2 Å². The minimum absolute atomic E-state index is 0. The fourth-order valence-electron chi connectivity index (χ4n) is 1.64. The molecule has 1 aliphatic rings. The number of hydrogen-bond donors (Lipinski definition) is 3. The average Bonchev–Trinajstić information content (AvgIpc) is 2.35. The number of nitrogens with two attached hydrogens (primary N) is 1. The molecule has 1 rings (SSSR count). The lowest BCUT2D eigenvalue weighted by Crippen LogP contribution is -2.42. The minimum Gasteiger partial charge on any atom is -0.390 e. The van der Waals surface area contributed by atoms with E-state index in [0.29, 0.717) is 25.6 Å². The topological polar surface area (TPSA) is 83.1 Å². The monoisotopic (exact) mass is 384 g/mol. The van der Waals surface area contributed by atoms with E-state index in [-0.39, 0.29) is 24.0 Å². The van der Waals surface area contributed by atoms with E-state index < -0.39 is 6.10 Å². The quantitative estimate of drug-likeness (QED) is 0.255. The second-order valence-corrected chi connectivity index (χ2v) is 4.60. The summed E-state index contributed by atoms with van der Waals surface area (Å²) in [6.45, 7) is 10.4. The van der Waals surface area contributed by atoms with Crippen LogP contribution < -0.4 is 11.1 Å². The number of nitrogens with one attached hydrogen (secondary N) is 1. The van der Waals surface area contributed by atoms with Crippen molar-refractivity contribution >= 4 is 29.9 Å². The van der Waals surface area contributed by atoms with E-state index in [1.54, 1.807) is 0 Å². The first-order chi connectivity index (χ1) is 8.58. The zero-order chi connectivity index (χ0) is 13.4. The van der Waals surface area contributed by atoms with E-state index in [0.717, 1.165) is 31.9 Å². The highest BCUT2D eigenvalue weighted by Crippen LogP contribution is 1.98. The van der Waals surface area contributed by atoms with Crippen LogP contribution in [-0.2, 0) is 4.74 Å². The summed E-state index contributed by atoms with van der Waals surface area (Å²) in [5.41, 5.74) is 6.64. The Morgan fingerprint density at radius 2 is 2.16 bits per heavy atom. The Morgan fingerprint density at radius 3 is 2.74 bits per heavy atom. The molecule has 1 saturated heterocycles. The maximum atomic E-state index is 9.84. The summed E-state index contributed by atoms with van der Waals surface area (Å²) >= 11 is 0. The molecule has 1 fully saturated rings. The van der Waals surface area contributed by atoms with Gasteiger partial charge in [-0.1, -0.05) is 12.2 Å². The predicted octanol–water partition coefficient (Wildman–Crippen LogP) is -0.222. The van der Waals surface area contributed by atoms with Gasteiger partial charge < -0.3 is 20.9 Å². The molecule has 0 aliphatic carbocycles. The van der Waals surface area contributed by atoms with Crippen molar-refractivity contribution in [2.24, 2.45) is 10.7 Å². The highest BCUT2D eigenvalue weighted by molar-refractivity contribution is 14.0. The molecule has 0 amide bonds. The Labute approximate surface area is 132 Å². The molecular weight excluding hydrogens is 359 g/mol. The van der Waals surface area contributed by atoms with Crippen molar-refractivity contribution in [3.05, 3.63) is 12.2 Å². The fraction of sp³-hybridized carbons (Fsp3) is 0.750. The number of aliphatic imine (C=N–C) groups is 1. The van der Waals surface area contributed by atoms with Crippen LogP contribution in [0, 0.1) is 0 Å². The van der Waals surface area contributed by atoms with E-state index in [1.165, 1.54) is 0 Å². The molecule has 0 saturated carbocycles. The molecule has 0 aromatic rings. The molecule has 1 unspecified atom stereocenters. The molecule has 6 nitrogen and oxygen atoms in total. The van der Waals surface area contributed by atoms with Gasteiger partial charge >= 0.3 is 0 Å². The summed E-state index contributed by atoms with van der Waals surface area (Å²) in [4.78, 5) is 6.26. The van der Waals surface area contributed by atoms with Crippen LogP contribution in [0.3, 0.4) is 0 Å². The Kier molecular flexibility index (Phi) is 10.2. The summed E-state index contributed by atoms with van der Waals surface area (Å²) in [5.74, 6) is 0.346. The summed E-state index contributed by atoms with van der Waals surface area (Å²) in [6.07, 6.45) is -0.492. The van der Waals surface area contributed by atoms with Crippen LogP contribution in [-0.4, -0.2) is 68.0 Å². The van der Waals surface area contributed by atoms with E-state index >= 15 is 0 Å². The molecule has 112 valence electrons. The van der Waals surface area contributed by atoms with Gasteiger partial charge in [0.1, 0.15) is 0 Å². The number of halogens is 1. The van der Waals surface area contributed by atoms with Crippen molar-refractivity contribution in [3.8, 4) is 0 Å². The highest BCUT2D eigenvalue weighted by Gasteiger charge is 2.14. The van der Waals surface area contributed by atoms with Crippen molar-refractivity contribution in [2.45, 2.75) is 13.0 Å². The lowest BCUT2D eigenvalue weighted by molar-refractivity contribution is 0.0165. The molecule has 0 radical (unpaired) electrons. The van der Waals surface area contributed by atoms with Crippen molar-refractivity contribution in [1.29, 1.82) is 0 Å². The number of rotatable bonds is 6. The van der Waals surface area contributed by atoms with Gasteiger partial charge in [0.25, 0.3) is 0 Å². The molecule has 4 N–H and O–H groups in total. The highest BCUT2D eigenvalue weighted by atomic mass is 127. The summed E-state index contributed by atoms with van der Waals surface area (Å²) < 4.78 is 5.24. The minimum atomic E-state index is -0.492. The maximum absolute atomic E-state index is 9.84. The lowest BCUT2D eigenvalue weighted by Gasteiger charge is -2.28. The second-order valence-electron chi connectivity index (χ2n) is 4.60. The number of β-amino-alcohol motifs (C(OH)–C–C–N with tert-alkyl or cyclic N) is 1. The largest absolute Gasteiger partial charge is 0.390 e. The van der Waals surface area contributed by atoms with E-state index in [9.17, 15) is 5.11 Å². The van der Waals surface area contributed by atoms with Crippen LogP contribution in [0.15, 0.2) is 17.1 Å². The first kappa shape index (κ1) is 18.6. The average molecular weight is 384 g/mol. The summed E-state index contributed by atoms with van der Waals surface area (Å²) in [7, 11) is 0. The third kappa shape index (κ3) is 9.20. The number of aliphatic hydroxyl groups excluding tert-OH is 1. The van der Waals surface area contributed by atoms with Crippen LogP contribution in [0.25, 0.3) is 0 Å². The zero-order valence-electron chi connectivity index (χ0n) is 11.5. The molecule has 1 heterocycles. The summed E-state index contributed by atoms with van der Waals surface area (Å²) in [6, 6.07) is 0. The van der Waals surface area contributed by atoms with E-state index in [2.05, 4.69) is 21.8 Å². The predicted molar refractivity (Wildman–Crippen MR) is 88.0 cm³/mol. The number of nitrogens with zero attached hydrogens (tertiary/aromatic N) is 2. The Balaban J connectivity index is 0.00000324. The second kappa shape index (κ2) is 10.4. The Morgan fingerprint density at radius 1 is 1.53 bits per heavy atom. The number of ether oxygens (including phenoxy) is 1. The van der Waals surface area contributed by atoms with Gasteiger partial charge in [0.05, 0.1) is 25.9 Å². The van der Waals surface area contributed by atoms with Crippen LogP contribution in [0.4, 0.5) is 0 Å². The molecule has 1 aliphatic heterocycles. The maximum Gasteiger partial charge on any atom is 0.188 e. The third-order valence-electron chi connectivity index (χ3n) is 2.62. The van der Waals surface area contributed by atoms with Crippen LogP contribution in [0.1, 0.15) is 6.92 Å². The van der Waals surface area contributed by atoms with Gasteiger partial charge in [0.15, 0.2) is 5.96 Å². The van der Waals surface area contributed by atoms with Crippen LogP contribution >= 0.6 is 24.0 Å². The van der Waals surface area contributed by atoms with Gasteiger partial charge in [-0.05, 0) is 6.92 Å². The Hall–Kier alpha value is -0.380. The van der Waals surface area contributed by atoms with Crippen molar-refractivity contribution in [1.82, 2.24) is 10.2 Å². The molecule has 1 atom stereocenters. The lowest BCUT2D eigenvalue weighted by atomic mass is 10.3. The number of morpholine rings is 1. The number of guanidine groups is 1. The first-order valence-corrected chi connectivity index (χ1v) is 6.24. The molecule has 0 bridgehead atoms. The molecular formula is C12H25IN4O2. The van der Waals surface area contributed by atoms with E-state index in [1.807, 2.05) is 6.92 Å². The van der Waals surface area contributed by atoms with Gasteiger partial charge in [0.2, 0.25) is 0 Å². The SMILES string of the molecule is C=C(C)CNC(N)=NCC(O)CN1CCOCC1.I. The zero-order valence-corrected chi connectivity index (χ0v) is 13.8. The molecule has 19 heavy (non-hydrogen) atoms. The molecule has 0 spiro atoms. The van der Waals surface area contributed by atoms with Crippen molar-refractivity contribution < 1.29 is 9.84 Å². The van der Waals surface area contributed by atoms with Gasteiger partial charge in [-0.25, -0.2) is 0 Å². The number of aliphatic hydroxyl groups is 1. The number of hydrogen-bond acceptors (Lipinski definition) is 4. The van der Waals surface area contributed by atoms with Gasteiger partial charge in [-0.15, -0.1) is 24.0 Å². The van der Waals surface area contributed by atoms with Crippen LogP contribution in [0.5, 0.6) is 0 Å². The van der Waals surface area contributed by atoms with E-state index in [4.69, 9.17) is 10.5 Å². The third-order valence-corrected chi connectivity index (χ3v) is 2.62. The fourth-order valence-corrected chi connectivity index (χ4v) is 1.64. The molecule has 7 heteroatoms. The molecule has 0 aromatic heterocycles.